The Balaban J connectivity index is 0.851. The number of hydrogen-bond donors (Lipinski definition) is 0. The van der Waals surface area contributed by atoms with Crippen LogP contribution in [0.3, 0.4) is 0 Å². The molecule has 1 aromatic heterocycles. The fourth-order valence-corrected chi connectivity index (χ4v) is 7.84. The number of fused-ring (bicyclic) bond motifs is 1. The summed E-state index contributed by atoms with van der Waals surface area (Å²) in [5.41, 5.74) is 3.70. The molecule has 3 saturated heterocycles. The topological polar surface area (TPSA) is 93.0 Å². The summed E-state index contributed by atoms with van der Waals surface area (Å²) in [5, 5.41) is 10.2. The Morgan fingerprint density at radius 1 is 0.933 bits per heavy atom. The molecule has 0 N–H and O–H groups in total. The van der Waals surface area contributed by atoms with Gasteiger partial charge in [-0.05, 0) is 61.4 Å². The molecule has 9 heteroatoms. The van der Waals surface area contributed by atoms with Crippen molar-refractivity contribution in [3.63, 3.8) is 0 Å². The van der Waals surface area contributed by atoms with Crippen molar-refractivity contribution >= 4 is 28.6 Å². The highest BCUT2D eigenvalue weighted by atomic mass is 16.6. The van der Waals surface area contributed by atoms with Crippen LogP contribution in [0.5, 0.6) is 0 Å². The van der Waals surface area contributed by atoms with Gasteiger partial charge in [-0.2, -0.15) is 5.26 Å². The van der Waals surface area contributed by atoms with Crippen molar-refractivity contribution in [3.8, 4) is 6.07 Å². The molecule has 45 heavy (non-hydrogen) atoms. The highest BCUT2D eigenvalue weighted by Gasteiger charge is 2.47. The summed E-state index contributed by atoms with van der Waals surface area (Å²) in [6, 6.07) is 20.3. The van der Waals surface area contributed by atoms with E-state index in [1.54, 1.807) is 0 Å². The number of hydrogen-bond acceptors (Lipinski definition) is 7. The van der Waals surface area contributed by atoms with Crippen molar-refractivity contribution < 1.29 is 14.3 Å². The number of ether oxygens (including phenoxy) is 1. The molecule has 2 aromatic carbocycles. The lowest BCUT2D eigenvalue weighted by Gasteiger charge is -2.39. The van der Waals surface area contributed by atoms with E-state index in [2.05, 4.69) is 44.0 Å². The first-order valence-electron chi connectivity index (χ1n) is 16.6. The molecule has 0 radical (unpaired) electrons. The van der Waals surface area contributed by atoms with E-state index < -0.39 is 0 Å². The number of likely N-dealkylation sites (tertiary alicyclic amines) is 1. The zero-order chi connectivity index (χ0) is 30.8. The van der Waals surface area contributed by atoms with Crippen LogP contribution in [0.1, 0.15) is 49.7 Å². The zero-order valence-electron chi connectivity index (χ0n) is 25.9. The molecule has 4 fully saturated rings. The fourth-order valence-electron chi connectivity index (χ4n) is 7.84. The molecule has 1 aliphatic carbocycles. The maximum absolute atomic E-state index is 13.5. The van der Waals surface area contributed by atoms with E-state index >= 15 is 0 Å². The van der Waals surface area contributed by atoms with Crippen LogP contribution in [0, 0.1) is 23.2 Å². The summed E-state index contributed by atoms with van der Waals surface area (Å²) in [4.78, 5) is 39.7. The number of benzene rings is 2. The Morgan fingerprint density at radius 3 is 2.40 bits per heavy atom. The molecular weight excluding hydrogens is 564 g/mol. The molecule has 9 nitrogen and oxygen atoms in total. The molecule has 3 aromatic rings. The number of carbonyl (C=O) groups is 2. The first-order chi connectivity index (χ1) is 22.0. The number of pyridine rings is 1. The molecule has 7 rings (SSSR count). The lowest BCUT2D eigenvalue weighted by molar-refractivity contribution is -0.137. The smallest absolute Gasteiger partial charge is 0.410 e. The number of aromatic nitrogens is 1. The second-order valence-electron chi connectivity index (χ2n) is 13.4. The largest absolute Gasteiger partial charge is 0.441 e. The number of carbonyl (C=O) groups excluding carboxylic acids is 2. The highest BCUT2D eigenvalue weighted by molar-refractivity contribution is 5.91. The van der Waals surface area contributed by atoms with Gasteiger partial charge in [0.2, 0.25) is 5.91 Å². The van der Waals surface area contributed by atoms with Crippen molar-refractivity contribution in [1.29, 1.82) is 5.26 Å². The van der Waals surface area contributed by atoms with Gasteiger partial charge in [0.1, 0.15) is 5.60 Å². The van der Waals surface area contributed by atoms with E-state index in [9.17, 15) is 9.59 Å². The van der Waals surface area contributed by atoms with E-state index in [1.807, 2.05) is 47.5 Å². The van der Waals surface area contributed by atoms with Crippen LogP contribution in [0.2, 0.25) is 0 Å². The van der Waals surface area contributed by atoms with Crippen molar-refractivity contribution in [2.24, 2.45) is 11.8 Å². The maximum atomic E-state index is 13.5. The normalized spacial score (nSPS) is 23.7. The molecule has 1 saturated carbocycles. The van der Waals surface area contributed by atoms with Gasteiger partial charge in [-0.3, -0.25) is 14.7 Å². The average Bonchev–Trinajstić information content (AvgIpc) is 3.39. The van der Waals surface area contributed by atoms with Crippen LogP contribution >= 0.6 is 0 Å². The average molecular weight is 607 g/mol. The van der Waals surface area contributed by atoms with Crippen LogP contribution in [0.15, 0.2) is 60.8 Å². The summed E-state index contributed by atoms with van der Waals surface area (Å²) in [6.07, 6.45) is 7.15. The van der Waals surface area contributed by atoms with Gasteiger partial charge < -0.3 is 19.4 Å². The third kappa shape index (κ3) is 6.34. The molecule has 4 aliphatic rings. The maximum Gasteiger partial charge on any atom is 0.410 e. The van der Waals surface area contributed by atoms with Gasteiger partial charge in [-0.1, -0.05) is 30.3 Å². The van der Waals surface area contributed by atoms with Gasteiger partial charge in [0, 0.05) is 88.4 Å². The summed E-state index contributed by atoms with van der Waals surface area (Å²) in [6.45, 7) is 7.20. The van der Waals surface area contributed by atoms with E-state index in [1.165, 1.54) is 11.3 Å². The molecule has 4 heterocycles. The van der Waals surface area contributed by atoms with Gasteiger partial charge in [0.15, 0.2) is 0 Å². The van der Waals surface area contributed by atoms with Crippen LogP contribution < -0.4 is 4.90 Å². The Hall–Kier alpha value is -4.16. The molecule has 0 bridgehead atoms. The van der Waals surface area contributed by atoms with E-state index in [4.69, 9.17) is 10.00 Å². The van der Waals surface area contributed by atoms with Crippen LogP contribution in [0.4, 0.5) is 10.5 Å². The Bertz CT molecular complexity index is 1560. The minimum Gasteiger partial charge on any atom is -0.441 e. The van der Waals surface area contributed by atoms with E-state index in [0.29, 0.717) is 23.9 Å². The summed E-state index contributed by atoms with van der Waals surface area (Å²) in [7, 11) is 0. The van der Waals surface area contributed by atoms with Gasteiger partial charge in [0.05, 0.1) is 23.7 Å². The quantitative estimate of drug-likeness (QED) is 0.388. The molecule has 3 aliphatic heterocycles. The van der Waals surface area contributed by atoms with Crippen molar-refractivity contribution in [1.82, 2.24) is 19.7 Å². The first kappa shape index (κ1) is 29.5. The second kappa shape index (κ2) is 12.7. The number of nitrogens with zero attached hydrogens (tertiary/aromatic N) is 6. The number of nitriles is 1. The van der Waals surface area contributed by atoms with E-state index in [-0.39, 0.29) is 17.6 Å². The SMILES string of the molecule is N#Cc1ccc(CN2CCC3(CC2)CN(CC2CCC(C(=O)N4CCN(c5ccnc6ccccc56)CC4)CC2)C(=O)O3)cc1. The second-order valence-corrected chi connectivity index (χ2v) is 13.4. The van der Waals surface area contributed by atoms with Crippen molar-refractivity contribution in [3.05, 3.63) is 71.9 Å². The lowest BCUT2D eigenvalue weighted by atomic mass is 9.81. The summed E-state index contributed by atoms with van der Waals surface area (Å²) >= 11 is 0. The number of piperazine rings is 1. The monoisotopic (exact) mass is 606 g/mol. The van der Waals surface area contributed by atoms with Gasteiger partial charge >= 0.3 is 6.09 Å². The molecule has 0 atom stereocenters. The van der Waals surface area contributed by atoms with Crippen LogP contribution in [-0.4, -0.2) is 89.6 Å². The Morgan fingerprint density at radius 2 is 1.67 bits per heavy atom. The zero-order valence-corrected chi connectivity index (χ0v) is 25.9. The number of amides is 2. The minimum atomic E-state index is -0.379. The fraction of sp³-hybridized carbons (Fsp3) is 0.500. The minimum absolute atomic E-state index is 0.0897. The van der Waals surface area contributed by atoms with E-state index in [0.717, 1.165) is 102 Å². The molecular formula is C36H42N6O3. The number of anilines is 1. The predicted molar refractivity (Wildman–Crippen MR) is 172 cm³/mol. The van der Waals surface area contributed by atoms with Crippen LogP contribution in [0.25, 0.3) is 10.9 Å². The highest BCUT2D eigenvalue weighted by Crippen LogP contribution is 2.37. The number of para-hydroxylation sites is 1. The summed E-state index contributed by atoms with van der Waals surface area (Å²) in [5.74, 6) is 0.817. The Kier molecular flexibility index (Phi) is 8.33. The van der Waals surface area contributed by atoms with Gasteiger partial charge in [0.25, 0.3) is 0 Å². The molecule has 2 amide bonds. The van der Waals surface area contributed by atoms with Crippen molar-refractivity contribution in [2.45, 2.75) is 50.7 Å². The molecule has 234 valence electrons. The third-order valence-corrected chi connectivity index (χ3v) is 10.5. The standard InChI is InChI=1S/C36H42N6O3/c37-23-27-5-7-28(8-6-27)24-39-17-14-36(15-18-39)26-42(35(44)45-36)25-29-9-11-30(12-10-29)34(43)41-21-19-40(20-22-41)33-13-16-38-32-4-2-1-3-31(32)33/h1-8,13,16,29-30H,9-12,14-15,17-22,24-26H2. The van der Waals surface area contributed by atoms with Crippen LogP contribution in [-0.2, 0) is 16.1 Å². The first-order valence-corrected chi connectivity index (χ1v) is 16.6. The molecule has 1 spiro atoms. The molecule has 0 unspecified atom stereocenters. The summed E-state index contributed by atoms with van der Waals surface area (Å²) < 4.78 is 6.03. The van der Waals surface area contributed by atoms with Gasteiger partial charge in [-0.15, -0.1) is 0 Å². The Labute approximate surface area is 265 Å². The lowest BCUT2D eigenvalue weighted by Crippen LogP contribution is -2.51. The number of rotatable bonds is 6. The third-order valence-electron chi connectivity index (χ3n) is 10.5. The predicted octanol–water partition coefficient (Wildman–Crippen LogP) is 5.05. The van der Waals surface area contributed by atoms with Gasteiger partial charge in [-0.25, -0.2) is 4.79 Å². The number of piperidine rings is 1. The van der Waals surface area contributed by atoms with Crippen molar-refractivity contribution in [2.75, 3.05) is 57.3 Å².